The summed E-state index contributed by atoms with van der Waals surface area (Å²) in [5.74, 6) is -0.388. The van der Waals surface area contributed by atoms with Crippen LogP contribution in [-0.4, -0.2) is 25.3 Å². The molecule has 1 aliphatic heterocycles. The first-order valence-corrected chi connectivity index (χ1v) is 7.85. The average Bonchev–Trinajstić information content (AvgIpc) is 2.74. The number of ether oxygens (including phenoxy) is 1. The molecule has 0 saturated heterocycles. The Kier molecular flexibility index (Phi) is 4.47. The first-order valence-electron chi connectivity index (χ1n) is 7.85. The van der Waals surface area contributed by atoms with Gasteiger partial charge in [0.15, 0.2) is 0 Å². The molecule has 24 heavy (non-hydrogen) atoms. The van der Waals surface area contributed by atoms with Gasteiger partial charge in [-0.25, -0.2) is 4.79 Å². The molecule has 0 spiro atoms. The smallest absolute Gasteiger partial charge is 0.332 e. The van der Waals surface area contributed by atoms with Gasteiger partial charge in [0.25, 0.3) is 0 Å². The molecule has 4 heteroatoms. The highest BCUT2D eigenvalue weighted by Crippen LogP contribution is 2.27. The van der Waals surface area contributed by atoms with E-state index in [1.54, 1.807) is 0 Å². The second kappa shape index (κ2) is 6.71. The van der Waals surface area contributed by atoms with E-state index in [4.69, 9.17) is 9.73 Å². The van der Waals surface area contributed by atoms with Gasteiger partial charge in [-0.2, -0.15) is 0 Å². The van der Waals surface area contributed by atoms with Crippen LogP contribution in [0.5, 0.6) is 0 Å². The average molecular weight is 320 g/mol. The van der Waals surface area contributed by atoms with Crippen molar-refractivity contribution in [1.29, 1.82) is 0 Å². The Hall–Kier alpha value is -2.88. The van der Waals surface area contributed by atoms with E-state index in [1.165, 1.54) is 18.7 Å². The van der Waals surface area contributed by atoms with E-state index in [-0.39, 0.29) is 5.97 Å². The van der Waals surface area contributed by atoms with Crippen LogP contribution < -0.4 is 5.32 Å². The van der Waals surface area contributed by atoms with Gasteiger partial charge >= 0.3 is 5.97 Å². The minimum atomic E-state index is -0.388. The molecule has 0 amide bonds. The Morgan fingerprint density at radius 3 is 2.71 bits per heavy atom. The highest BCUT2D eigenvalue weighted by molar-refractivity contribution is 6.17. The fourth-order valence-electron chi connectivity index (χ4n) is 2.78. The second-order valence-corrected chi connectivity index (χ2v) is 5.85. The molecule has 1 aliphatic rings. The summed E-state index contributed by atoms with van der Waals surface area (Å²) in [7, 11) is 1.37. The molecule has 4 nitrogen and oxygen atoms in total. The molecule has 0 unspecified atom stereocenters. The lowest BCUT2D eigenvalue weighted by molar-refractivity contribution is -0.134. The predicted octanol–water partition coefficient (Wildman–Crippen LogP) is 3.62. The molecule has 0 fully saturated rings. The van der Waals surface area contributed by atoms with Crippen LogP contribution >= 0.6 is 0 Å². The van der Waals surface area contributed by atoms with Crippen LogP contribution in [-0.2, 0) is 9.53 Å². The number of carbonyl (C=O) groups excluding carboxylic acids is 1. The third-order valence-electron chi connectivity index (χ3n) is 4.03. The van der Waals surface area contributed by atoms with Crippen molar-refractivity contribution in [3.05, 3.63) is 76.5 Å². The summed E-state index contributed by atoms with van der Waals surface area (Å²) in [4.78, 5) is 16.4. The molecule has 122 valence electrons. The van der Waals surface area contributed by atoms with Crippen LogP contribution in [0.15, 0.2) is 59.2 Å². The lowest BCUT2D eigenvalue weighted by Gasteiger charge is -2.13. The van der Waals surface area contributed by atoms with Gasteiger partial charge in [0, 0.05) is 28.6 Å². The third-order valence-corrected chi connectivity index (χ3v) is 4.03. The third kappa shape index (κ3) is 3.23. The molecular weight excluding hydrogens is 300 g/mol. The van der Waals surface area contributed by atoms with Crippen LogP contribution in [0.4, 0.5) is 5.69 Å². The zero-order valence-corrected chi connectivity index (χ0v) is 14.1. The molecule has 1 heterocycles. The number of aryl methyl sites for hydroxylation is 2. The van der Waals surface area contributed by atoms with Gasteiger partial charge in [-0.1, -0.05) is 35.9 Å². The number of aliphatic imine (C=N–C) groups is 1. The van der Waals surface area contributed by atoms with Crippen molar-refractivity contribution in [3.63, 3.8) is 0 Å². The Labute approximate surface area is 141 Å². The van der Waals surface area contributed by atoms with Crippen molar-refractivity contribution in [3.8, 4) is 0 Å². The Morgan fingerprint density at radius 2 is 1.96 bits per heavy atom. The molecule has 0 radical (unpaired) electrons. The van der Waals surface area contributed by atoms with Gasteiger partial charge in [0.05, 0.1) is 19.4 Å². The van der Waals surface area contributed by atoms with Gasteiger partial charge in [-0.3, -0.25) is 4.99 Å². The largest absolute Gasteiger partial charge is 0.466 e. The number of hydrogen-bond acceptors (Lipinski definition) is 4. The fraction of sp³-hybridized carbons (Fsp3) is 0.200. The number of rotatable bonds is 2. The summed E-state index contributed by atoms with van der Waals surface area (Å²) in [6, 6.07) is 14.4. The number of nitrogens with zero attached hydrogens (tertiary/aromatic N) is 1. The molecule has 2 aromatic carbocycles. The lowest BCUT2D eigenvalue weighted by Crippen LogP contribution is -2.07. The number of benzodiazepines with no additional fused rings is 1. The highest BCUT2D eigenvalue weighted by Gasteiger charge is 2.18. The number of anilines is 1. The number of carbonyl (C=O) groups is 1. The lowest BCUT2D eigenvalue weighted by atomic mass is 9.96. The Bertz CT molecular complexity index is 850. The Balaban J connectivity index is 2.15. The van der Waals surface area contributed by atoms with Gasteiger partial charge < -0.3 is 10.1 Å². The van der Waals surface area contributed by atoms with Gasteiger partial charge in [-0.05, 0) is 31.5 Å². The molecular formula is C20H20N2O2. The van der Waals surface area contributed by atoms with E-state index >= 15 is 0 Å². The number of benzene rings is 2. The normalized spacial score (nSPS) is 15.1. The van der Waals surface area contributed by atoms with Crippen molar-refractivity contribution in [2.45, 2.75) is 13.8 Å². The summed E-state index contributed by atoms with van der Waals surface area (Å²) < 4.78 is 4.73. The summed E-state index contributed by atoms with van der Waals surface area (Å²) in [5, 5.41) is 3.32. The SMILES string of the molecule is COC(=O)/C=C1\CN=C(c2ccccc2C)c2cc(C)ccc2N1. The van der Waals surface area contributed by atoms with E-state index in [1.807, 2.05) is 24.3 Å². The van der Waals surface area contributed by atoms with Gasteiger partial charge in [0.1, 0.15) is 0 Å². The van der Waals surface area contributed by atoms with Crippen LogP contribution in [0, 0.1) is 13.8 Å². The molecule has 0 atom stereocenters. The van der Waals surface area contributed by atoms with E-state index < -0.39 is 0 Å². The summed E-state index contributed by atoms with van der Waals surface area (Å²) in [5.41, 5.74) is 7.07. The zero-order valence-electron chi connectivity index (χ0n) is 14.1. The maximum absolute atomic E-state index is 11.6. The fourth-order valence-corrected chi connectivity index (χ4v) is 2.78. The summed E-state index contributed by atoms with van der Waals surface area (Å²) in [6.07, 6.45) is 1.45. The monoisotopic (exact) mass is 320 g/mol. The molecule has 3 rings (SSSR count). The maximum Gasteiger partial charge on any atom is 0.332 e. The Morgan fingerprint density at radius 1 is 1.17 bits per heavy atom. The van der Waals surface area contributed by atoms with Crippen molar-refractivity contribution < 1.29 is 9.53 Å². The van der Waals surface area contributed by atoms with E-state index in [0.717, 1.165) is 33.8 Å². The van der Waals surface area contributed by atoms with Crippen LogP contribution in [0.2, 0.25) is 0 Å². The zero-order chi connectivity index (χ0) is 17.1. The van der Waals surface area contributed by atoms with Gasteiger partial charge in [0.2, 0.25) is 0 Å². The molecule has 2 aromatic rings. The van der Waals surface area contributed by atoms with E-state index in [9.17, 15) is 4.79 Å². The number of nitrogens with one attached hydrogen (secondary N) is 1. The van der Waals surface area contributed by atoms with E-state index in [0.29, 0.717) is 6.54 Å². The van der Waals surface area contributed by atoms with Crippen molar-refractivity contribution in [2.75, 3.05) is 19.0 Å². The number of hydrogen-bond donors (Lipinski definition) is 1. The minimum Gasteiger partial charge on any atom is -0.466 e. The first kappa shape index (κ1) is 16.0. The van der Waals surface area contributed by atoms with Crippen molar-refractivity contribution >= 4 is 17.4 Å². The molecule has 0 saturated carbocycles. The quantitative estimate of drug-likeness (QED) is 0.679. The molecule has 1 N–H and O–H groups in total. The predicted molar refractivity (Wildman–Crippen MR) is 96.6 cm³/mol. The van der Waals surface area contributed by atoms with Crippen molar-refractivity contribution in [2.24, 2.45) is 4.99 Å². The van der Waals surface area contributed by atoms with Crippen LogP contribution in [0.1, 0.15) is 22.3 Å². The highest BCUT2D eigenvalue weighted by atomic mass is 16.5. The van der Waals surface area contributed by atoms with Crippen LogP contribution in [0.25, 0.3) is 0 Å². The first-order chi connectivity index (χ1) is 11.6. The molecule has 0 bridgehead atoms. The number of esters is 1. The maximum atomic E-state index is 11.6. The standard InChI is InChI=1S/C20H20N2O2/c1-13-8-9-18-17(10-13)20(16-7-5-4-6-14(16)2)21-12-15(22-18)11-19(23)24-3/h4-11,22H,12H2,1-3H3/b15-11+. The van der Waals surface area contributed by atoms with Gasteiger partial charge in [-0.15, -0.1) is 0 Å². The topological polar surface area (TPSA) is 50.7 Å². The van der Waals surface area contributed by atoms with Crippen LogP contribution in [0.3, 0.4) is 0 Å². The number of fused-ring (bicyclic) bond motifs is 1. The molecule has 0 aliphatic carbocycles. The number of methoxy groups -OCH3 is 1. The summed E-state index contributed by atoms with van der Waals surface area (Å²) in [6.45, 7) is 4.54. The van der Waals surface area contributed by atoms with Crippen molar-refractivity contribution in [1.82, 2.24) is 0 Å². The summed E-state index contributed by atoms with van der Waals surface area (Å²) >= 11 is 0. The second-order valence-electron chi connectivity index (χ2n) is 5.85. The minimum absolute atomic E-state index is 0.388. The molecule has 0 aromatic heterocycles. The van der Waals surface area contributed by atoms with E-state index in [2.05, 4.69) is 37.4 Å².